The number of carbonyl (C=O) groups excluding carboxylic acids is 2. The van der Waals surface area contributed by atoms with Crippen molar-refractivity contribution in [3.8, 4) is 11.5 Å². The number of thiophene rings is 1. The van der Waals surface area contributed by atoms with Gasteiger partial charge in [-0.3, -0.25) is 14.3 Å². The van der Waals surface area contributed by atoms with E-state index >= 15 is 0 Å². The molecule has 42 heavy (non-hydrogen) atoms. The third-order valence-electron chi connectivity index (χ3n) is 7.14. The number of likely N-dealkylation sites (tertiary alicyclic amines) is 1. The first-order chi connectivity index (χ1) is 19.6. The number of benzene rings is 1. The van der Waals surface area contributed by atoms with Gasteiger partial charge >= 0.3 is 6.03 Å². The number of amides is 2. The zero-order valence-electron chi connectivity index (χ0n) is 24.7. The van der Waals surface area contributed by atoms with Crippen molar-refractivity contribution in [1.82, 2.24) is 19.8 Å². The van der Waals surface area contributed by atoms with Gasteiger partial charge in [0.1, 0.15) is 11.5 Å². The molecule has 2 amide bonds. The Labute approximate surface area is 249 Å². The summed E-state index contributed by atoms with van der Waals surface area (Å²) in [5.41, 5.74) is 1.11. The molecule has 0 bridgehead atoms. The van der Waals surface area contributed by atoms with Gasteiger partial charge in [0.05, 0.1) is 38.8 Å². The van der Waals surface area contributed by atoms with Crippen LogP contribution in [-0.4, -0.2) is 67.3 Å². The Morgan fingerprint density at radius 2 is 1.88 bits per heavy atom. The molecule has 1 aromatic carbocycles. The molecule has 0 aliphatic carbocycles. The summed E-state index contributed by atoms with van der Waals surface area (Å²) in [6.07, 6.45) is 1.13. The maximum Gasteiger partial charge on any atom is 0.325 e. The Bertz CT molecular complexity index is 1680. The van der Waals surface area contributed by atoms with E-state index in [1.165, 1.54) is 16.2 Å². The number of carbonyl (C=O) groups is 2. The Kier molecular flexibility index (Phi) is 7.69. The maximum atomic E-state index is 14.7. The summed E-state index contributed by atoms with van der Waals surface area (Å²) in [7, 11) is 1.67. The molecule has 0 spiro atoms. The SMILES string of the molecule is CNC(=O)n1c(C)cc2cc(Oc3ccnc4cc(C(=O)N5CC(F)(F)CC5C(C)(C)O[Si]C(C)(C)C)sc34)ccc21. The lowest BCUT2D eigenvalue weighted by atomic mass is 9.96. The lowest BCUT2D eigenvalue weighted by Gasteiger charge is -2.38. The minimum Gasteiger partial charge on any atom is -0.456 e. The molecule has 5 rings (SSSR count). The molecular formula is C30H34F2N4O4SSi. The second-order valence-corrected chi connectivity index (χ2v) is 15.2. The van der Waals surface area contributed by atoms with Crippen LogP contribution in [0.4, 0.5) is 13.6 Å². The molecular weight excluding hydrogens is 579 g/mol. The van der Waals surface area contributed by atoms with Gasteiger partial charge in [-0.25, -0.2) is 13.6 Å². The van der Waals surface area contributed by atoms with Crippen LogP contribution in [0.3, 0.4) is 0 Å². The van der Waals surface area contributed by atoms with Crippen LogP contribution in [0.1, 0.15) is 56.4 Å². The minimum absolute atomic E-state index is 0.0924. The summed E-state index contributed by atoms with van der Waals surface area (Å²) >= 11 is 1.17. The second-order valence-electron chi connectivity index (χ2n) is 12.2. The van der Waals surface area contributed by atoms with Crippen LogP contribution >= 0.6 is 11.3 Å². The van der Waals surface area contributed by atoms with Gasteiger partial charge in [-0.2, -0.15) is 0 Å². The third-order valence-corrected chi connectivity index (χ3v) is 9.51. The van der Waals surface area contributed by atoms with Gasteiger partial charge in [0.15, 0.2) is 0 Å². The van der Waals surface area contributed by atoms with Crippen LogP contribution in [0.15, 0.2) is 42.6 Å². The minimum atomic E-state index is -3.01. The van der Waals surface area contributed by atoms with Gasteiger partial charge in [0.25, 0.3) is 11.8 Å². The summed E-state index contributed by atoms with van der Waals surface area (Å²) < 4.78 is 44.1. The number of ether oxygens (including phenoxy) is 1. The third kappa shape index (κ3) is 5.93. The van der Waals surface area contributed by atoms with E-state index in [0.717, 1.165) is 16.6 Å². The van der Waals surface area contributed by atoms with Crippen LogP contribution < -0.4 is 10.1 Å². The maximum absolute atomic E-state index is 14.7. The van der Waals surface area contributed by atoms with Crippen molar-refractivity contribution in [1.29, 1.82) is 0 Å². The zero-order chi connectivity index (χ0) is 30.6. The number of alkyl halides is 2. The summed E-state index contributed by atoms with van der Waals surface area (Å²) in [5, 5.41) is 3.35. The molecule has 0 saturated carbocycles. The molecule has 1 saturated heterocycles. The van der Waals surface area contributed by atoms with Gasteiger partial charge in [-0.05, 0) is 56.1 Å². The van der Waals surface area contributed by atoms with Crippen molar-refractivity contribution < 1.29 is 27.5 Å². The van der Waals surface area contributed by atoms with Crippen LogP contribution in [-0.2, 0) is 4.43 Å². The predicted octanol–water partition coefficient (Wildman–Crippen LogP) is 7.02. The largest absolute Gasteiger partial charge is 0.456 e. The molecule has 1 aliphatic rings. The molecule has 1 unspecified atom stereocenters. The van der Waals surface area contributed by atoms with Gasteiger partial charge < -0.3 is 19.4 Å². The lowest BCUT2D eigenvalue weighted by Crippen LogP contribution is -2.50. The van der Waals surface area contributed by atoms with E-state index in [1.807, 2.05) is 45.9 Å². The highest BCUT2D eigenvalue weighted by Gasteiger charge is 2.53. The summed E-state index contributed by atoms with van der Waals surface area (Å²) in [6.45, 7) is 10.8. The topological polar surface area (TPSA) is 85.7 Å². The first-order valence-electron chi connectivity index (χ1n) is 13.6. The molecule has 4 heterocycles. The quantitative estimate of drug-likeness (QED) is 0.237. The molecule has 12 heteroatoms. The fourth-order valence-electron chi connectivity index (χ4n) is 5.15. The van der Waals surface area contributed by atoms with E-state index in [0.29, 0.717) is 26.6 Å². The van der Waals surface area contributed by atoms with E-state index in [4.69, 9.17) is 9.16 Å². The van der Waals surface area contributed by atoms with Crippen LogP contribution in [0.5, 0.6) is 11.5 Å². The lowest BCUT2D eigenvalue weighted by molar-refractivity contribution is 0.00539. The van der Waals surface area contributed by atoms with Gasteiger partial charge in [0.2, 0.25) is 9.76 Å². The number of halogens is 2. The van der Waals surface area contributed by atoms with Crippen LogP contribution in [0.2, 0.25) is 5.04 Å². The smallest absolute Gasteiger partial charge is 0.325 e. The van der Waals surface area contributed by atoms with Crippen molar-refractivity contribution in [2.75, 3.05) is 13.6 Å². The number of aromatic nitrogens is 2. The molecule has 8 nitrogen and oxygen atoms in total. The highest BCUT2D eigenvalue weighted by Crippen LogP contribution is 2.42. The number of rotatable bonds is 6. The summed E-state index contributed by atoms with van der Waals surface area (Å²) in [4.78, 5) is 32.0. The Hall–Kier alpha value is -3.35. The highest BCUT2D eigenvalue weighted by molar-refractivity contribution is 7.21. The standard InChI is InChI=1S/C30H34F2N4O4SSi/c1-17-12-18-13-19(8-9-21(18)36(17)27(38)33-7)39-22-10-11-34-20-14-23(41-25(20)22)26(37)35-16-30(31,32)15-24(35)29(5,6)40-42-28(2,3)4/h8-14,24H,15-16H2,1-7H3,(H,33,38). The molecule has 222 valence electrons. The number of pyridine rings is 1. The monoisotopic (exact) mass is 612 g/mol. The number of aryl methyl sites for hydroxylation is 1. The van der Waals surface area contributed by atoms with Crippen molar-refractivity contribution in [2.45, 2.75) is 70.6 Å². The Balaban J connectivity index is 1.43. The fraction of sp³-hybridized carbons (Fsp3) is 0.433. The Morgan fingerprint density at radius 1 is 1.14 bits per heavy atom. The molecule has 1 N–H and O–H groups in total. The predicted molar refractivity (Wildman–Crippen MR) is 161 cm³/mol. The number of hydrogen-bond acceptors (Lipinski definition) is 6. The fourth-order valence-corrected chi connectivity index (χ4v) is 6.88. The first kappa shape index (κ1) is 30.1. The van der Waals surface area contributed by atoms with Gasteiger partial charge in [0, 0.05) is 36.8 Å². The van der Waals surface area contributed by atoms with E-state index < -0.39 is 36.4 Å². The normalized spacial score (nSPS) is 17.3. The first-order valence-corrected chi connectivity index (χ1v) is 15.4. The van der Waals surface area contributed by atoms with E-state index in [1.54, 1.807) is 49.9 Å². The number of nitrogens with one attached hydrogen (secondary N) is 1. The van der Waals surface area contributed by atoms with Crippen molar-refractivity contribution >= 4 is 54.2 Å². The average Bonchev–Trinajstić information content (AvgIpc) is 3.59. The molecule has 1 aliphatic heterocycles. The second kappa shape index (κ2) is 10.7. The van der Waals surface area contributed by atoms with Crippen LogP contribution in [0, 0.1) is 6.92 Å². The van der Waals surface area contributed by atoms with Crippen molar-refractivity contribution in [3.63, 3.8) is 0 Å². The van der Waals surface area contributed by atoms with Crippen LogP contribution in [0.25, 0.3) is 21.1 Å². The molecule has 4 aromatic rings. The molecule has 2 radical (unpaired) electrons. The van der Waals surface area contributed by atoms with E-state index in [2.05, 4.69) is 10.3 Å². The zero-order valence-corrected chi connectivity index (χ0v) is 26.5. The van der Waals surface area contributed by atoms with E-state index in [-0.39, 0.29) is 20.8 Å². The molecule has 3 aromatic heterocycles. The van der Waals surface area contributed by atoms with E-state index in [9.17, 15) is 18.4 Å². The van der Waals surface area contributed by atoms with Crippen molar-refractivity contribution in [3.05, 3.63) is 53.2 Å². The highest BCUT2D eigenvalue weighted by atomic mass is 32.1. The summed E-state index contributed by atoms with van der Waals surface area (Å²) in [5.74, 6) is -2.45. The van der Waals surface area contributed by atoms with Crippen molar-refractivity contribution in [2.24, 2.45) is 0 Å². The number of fused-ring (bicyclic) bond motifs is 2. The Morgan fingerprint density at radius 3 is 2.57 bits per heavy atom. The van der Waals surface area contributed by atoms with Gasteiger partial charge in [-0.15, -0.1) is 11.3 Å². The van der Waals surface area contributed by atoms with Gasteiger partial charge in [-0.1, -0.05) is 20.8 Å². The summed E-state index contributed by atoms with van der Waals surface area (Å²) in [6, 6.07) is 9.63. The molecule has 1 fully saturated rings. The number of nitrogens with zero attached hydrogens (tertiary/aromatic N) is 3. The molecule has 1 atom stereocenters. The average molecular weight is 613 g/mol. The number of hydrogen-bond donors (Lipinski definition) is 1.